The number of hydrogen-bond acceptors (Lipinski definition) is 3. The monoisotopic (exact) mass is 219 g/mol. The summed E-state index contributed by atoms with van der Waals surface area (Å²) in [7, 11) is 3.94. The van der Waals surface area contributed by atoms with Crippen LogP contribution in [0.1, 0.15) is 22.3 Å². The van der Waals surface area contributed by atoms with Crippen molar-refractivity contribution in [2.24, 2.45) is 0 Å². The van der Waals surface area contributed by atoms with Crippen LogP contribution in [0.4, 0.5) is 0 Å². The first-order chi connectivity index (χ1) is 7.68. The highest BCUT2D eigenvalue weighted by molar-refractivity contribution is 5.99. The molecule has 0 atom stereocenters. The third-order valence-corrected chi connectivity index (χ3v) is 2.80. The number of para-hydroxylation sites is 1. The summed E-state index contributed by atoms with van der Waals surface area (Å²) in [5.74, 6) is 0.985. The van der Waals surface area contributed by atoms with E-state index in [1.807, 2.05) is 37.2 Å². The highest BCUT2D eigenvalue weighted by Gasteiger charge is 2.19. The first-order valence-corrected chi connectivity index (χ1v) is 5.61. The molecule has 16 heavy (non-hydrogen) atoms. The molecule has 1 aliphatic rings. The van der Waals surface area contributed by atoms with Crippen molar-refractivity contribution in [1.82, 2.24) is 4.90 Å². The molecule has 1 aromatic carbocycles. The van der Waals surface area contributed by atoms with Gasteiger partial charge in [0, 0.05) is 19.4 Å². The molecule has 1 heterocycles. The second-order valence-corrected chi connectivity index (χ2v) is 4.37. The van der Waals surface area contributed by atoms with Crippen LogP contribution in [0.2, 0.25) is 0 Å². The number of hydrogen-bond donors (Lipinski definition) is 0. The van der Waals surface area contributed by atoms with Gasteiger partial charge in [0.15, 0.2) is 5.78 Å². The zero-order valence-electron chi connectivity index (χ0n) is 9.82. The molecule has 3 heteroatoms. The minimum atomic E-state index is 0.174. The normalized spacial score (nSPS) is 13.7. The van der Waals surface area contributed by atoms with Gasteiger partial charge in [0.05, 0.1) is 12.2 Å². The number of fused-ring (bicyclic) bond motifs is 1. The second-order valence-electron chi connectivity index (χ2n) is 4.37. The van der Waals surface area contributed by atoms with Crippen LogP contribution in [0.15, 0.2) is 18.2 Å². The first-order valence-electron chi connectivity index (χ1n) is 5.61. The van der Waals surface area contributed by atoms with Gasteiger partial charge in [-0.2, -0.15) is 0 Å². The number of rotatable bonds is 4. The van der Waals surface area contributed by atoms with E-state index in [0.29, 0.717) is 13.0 Å². The molecular formula is C13H17NO2. The fourth-order valence-corrected chi connectivity index (χ4v) is 1.89. The van der Waals surface area contributed by atoms with Gasteiger partial charge in [0.2, 0.25) is 0 Å². The summed E-state index contributed by atoms with van der Waals surface area (Å²) in [6.45, 7) is 1.48. The van der Waals surface area contributed by atoms with E-state index in [-0.39, 0.29) is 5.78 Å². The molecule has 0 bridgehead atoms. The van der Waals surface area contributed by atoms with E-state index in [0.717, 1.165) is 29.8 Å². The number of nitrogens with zero attached hydrogens (tertiary/aromatic N) is 1. The summed E-state index contributed by atoms with van der Waals surface area (Å²) in [6, 6.07) is 5.84. The minimum absolute atomic E-state index is 0.174. The molecule has 0 amide bonds. The van der Waals surface area contributed by atoms with Crippen molar-refractivity contribution in [2.45, 2.75) is 12.8 Å². The van der Waals surface area contributed by atoms with Gasteiger partial charge in [-0.05, 0) is 25.7 Å². The maximum Gasteiger partial charge on any atom is 0.167 e. The van der Waals surface area contributed by atoms with Crippen LogP contribution in [0.3, 0.4) is 0 Å². The van der Waals surface area contributed by atoms with Crippen molar-refractivity contribution in [1.29, 1.82) is 0 Å². The highest BCUT2D eigenvalue weighted by Crippen LogP contribution is 2.30. The highest BCUT2D eigenvalue weighted by atomic mass is 16.5. The number of Topliss-reactive ketones (excluding diaryl/α,β-unsaturated/α-hetero) is 1. The van der Waals surface area contributed by atoms with Crippen molar-refractivity contribution in [3.63, 3.8) is 0 Å². The van der Waals surface area contributed by atoms with Crippen LogP contribution in [0.5, 0.6) is 5.75 Å². The average Bonchev–Trinajstić information content (AvgIpc) is 2.73. The standard InChI is InChI=1S/C13H17NO2/c1-14(2)8-6-12(15)11-5-3-4-10-7-9-16-13(10)11/h3-5H,6-9H2,1-2H3. The smallest absolute Gasteiger partial charge is 0.167 e. The summed E-state index contributed by atoms with van der Waals surface area (Å²) in [5, 5.41) is 0. The van der Waals surface area contributed by atoms with Gasteiger partial charge in [-0.15, -0.1) is 0 Å². The number of ketones is 1. The molecule has 0 fully saturated rings. The van der Waals surface area contributed by atoms with Gasteiger partial charge in [-0.1, -0.05) is 12.1 Å². The third kappa shape index (κ3) is 2.25. The van der Waals surface area contributed by atoms with E-state index in [9.17, 15) is 4.79 Å². The summed E-state index contributed by atoms with van der Waals surface area (Å²) in [4.78, 5) is 14.0. The van der Waals surface area contributed by atoms with Crippen molar-refractivity contribution < 1.29 is 9.53 Å². The Morgan fingerprint density at radius 1 is 1.44 bits per heavy atom. The molecule has 0 spiro atoms. The largest absolute Gasteiger partial charge is 0.492 e. The van der Waals surface area contributed by atoms with Crippen molar-refractivity contribution in [2.75, 3.05) is 27.2 Å². The van der Waals surface area contributed by atoms with Gasteiger partial charge < -0.3 is 9.64 Å². The summed E-state index contributed by atoms with van der Waals surface area (Å²) < 4.78 is 5.52. The summed E-state index contributed by atoms with van der Waals surface area (Å²) in [6.07, 6.45) is 1.47. The zero-order valence-corrected chi connectivity index (χ0v) is 9.82. The van der Waals surface area contributed by atoms with E-state index in [1.165, 1.54) is 0 Å². The summed E-state index contributed by atoms with van der Waals surface area (Å²) >= 11 is 0. The minimum Gasteiger partial charge on any atom is -0.492 e. The fourth-order valence-electron chi connectivity index (χ4n) is 1.89. The lowest BCUT2D eigenvalue weighted by Crippen LogP contribution is -2.17. The lowest BCUT2D eigenvalue weighted by molar-refractivity contribution is 0.0969. The Morgan fingerprint density at radius 3 is 3.00 bits per heavy atom. The predicted molar refractivity (Wildman–Crippen MR) is 63.1 cm³/mol. The first kappa shape index (κ1) is 11.1. The van der Waals surface area contributed by atoms with Crippen LogP contribution in [0.25, 0.3) is 0 Å². The lowest BCUT2D eigenvalue weighted by Gasteiger charge is -2.10. The molecule has 2 rings (SSSR count). The van der Waals surface area contributed by atoms with Crippen molar-refractivity contribution >= 4 is 5.78 Å². The topological polar surface area (TPSA) is 29.5 Å². The molecule has 0 saturated carbocycles. The Morgan fingerprint density at radius 2 is 2.25 bits per heavy atom. The van der Waals surface area contributed by atoms with E-state index < -0.39 is 0 Å². The molecule has 0 N–H and O–H groups in total. The Bertz CT molecular complexity index is 399. The Hall–Kier alpha value is -1.35. The fraction of sp³-hybridized carbons (Fsp3) is 0.462. The molecule has 1 aromatic rings. The van der Waals surface area contributed by atoms with Crippen molar-refractivity contribution in [3.8, 4) is 5.75 Å². The van der Waals surface area contributed by atoms with E-state index in [4.69, 9.17) is 4.74 Å². The van der Waals surface area contributed by atoms with Crippen molar-refractivity contribution in [3.05, 3.63) is 29.3 Å². The van der Waals surface area contributed by atoms with Crippen LogP contribution in [-0.4, -0.2) is 37.9 Å². The molecule has 0 unspecified atom stereocenters. The molecule has 0 aliphatic carbocycles. The van der Waals surface area contributed by atoms with Gasteiger partial charge in [0.25, 0.3) is 0 Å². The third-order valence-electron chi connectivity index (χ3n) is 2.80. The van der Waals surface area contributed by atoms with Crippen LogP contribution in [-0.2, 0) is 6.42 Å². The average molecular weight is 219 g/mol. The van der Waals surface area contributed by atoms with E-state index in [1.54, 1.807) is 0 Å². The van der Waals surface area contributed by atoms with Gasteiger partial charge >= 0.3 is 0 Å². The second kappa shape index (κ2) is 4.66. The molecule has 0 saturated heterocycles. The maximum absolute atomic E-state index is 12.0. The Balaban J connectivity index is 2.15. The van der Waals surface area contributed by atoms with Gasteiger partial charge in [-0.3, -0.25) is 4.79 Å². The number of ether oxygens (including phenoxy) is 1. The number of carbonyl (C=O) groups is 1. The number of benzene rings is 1. The van der Waals surface area contributed by atoms with E-state index in [2.05, 4.69) is 0 Å². The molecule has 0 aromatic heterocycles. The molecule has 86 valence electrons. The Kier molecular flexibility index (Phi) is 3.25. The molecule has 0 radical (unpaired) electrons. The lowest BCUT2D eigenvalue weighted by atomic mass is 10.0. The van der Waals surface area contributed by atoms with Crippen LogP contribution >= 0.6 is 0 Å². The quantitative estimate of drug-likeness (QED) is 0.723. The number of carbonyl (C=O) groups excluding carboxylic acids is 1. The van der Waals surface area contributed by atoms with Gasteiger partial charge in [0.1, 0.15) is 5.75 Å². The molecular weight excluding hydrogens is 202 g/mol. The SMILES string of the molecule is CN(C)CCC(=O)c1cccc2c1OCC2. The zero-order chi connectivity index (χ0) is 11.5. The Labute approximate surface area is 96.0 Å². The molecule has 1 aliphatic heterocycles. The maximum atomic E-state index is 12.0. The molecule has 3 nitrogen and oxygen atoms in total. The van der Waals surface area contributed by atoms with Crippen LogP contribution < -0.4 is 4.74 Å². The van der Waals surface area contributed by atoms with Gasteiger partial charge in [-0.25, -0.2) is 0 Å². The summed E-state index contributed by atoms with van der Waals surface area (Å²) in [5.41, 5.74) is 1.91. The predicted octanol–water partition coefficient (Wildman–Crippen LogP) is 1.76. The van der Waals surface area contributed by atoms with E-state index >= 15 is 0 Å². The van der Waals surface area contributed by atoms with Crippen LogP contribution in [0, 0.1) is 0 Å².